The van der Waals surface area contributed by atoms with Crippen LogP contribution in [0, 0.1) is 0 Å². The molecule has 2 heterocycles. The van der Waals surface area contributed by atoms with E-state index >= 15 is 0 Å². The van der Waals surface area contributed by atoms with Gasteiger partial charge in [0.05, 0.1) is 32.7 Å². The minimum atomic E-state index is -0.372. The molecule has 1 aromatic heterocycles. The zero-order valence-electron chi connectivity index (χ0n) is 16.0. The van der Waals surface area contributed by atoms with Gasteiger partial charge in [0.15, 0.2) is 0 Å². The molecule has 1 saturated heterocycles. The Morgan fingerprint density at radius 3 is 2.57 bits per heavy atom. The number of amides is 3. The van der Waals surface area contributed by atoms with Crippen LogP contribution in [-0.2, 0) is 4.79 Å². The van der Waals surface area contributed by atoms with Gasteiger partial charge >= 0.3 is 6.03 Å². The van der Waals surface area contributed by atoms with Gasteiger partial charge in [-0.3, -0.25) is 4.79 Å². The second-order valence-corrected chi connectivity index (χ2v) is 6.02. The minimum Gasteiger partial charge on any atom is -0.497 e. The molecule has 0 atom stereocenters. The number of carbonyl (C=O) groups excluding carboxylic acids is 2. The van der Waals surface area contributed by atoms with Gasteiger partial charge in [0.1, 0.15) is 18.0 Å². The maximum absolute atomic E-state index is 12.6. The number of methoxy groups -OCH3 is 3. The molecular formula is C19H22N4O5. The van der Waals surface area contributed by atoms with Gasteiger partial charge in [0.25, 0.3) is 0 Å². The lowest BCUT2D eigenvalue weighted by Gasteiger charge is -2.34. The van der Waals surface area contributed by atoms with Crippen LogP contribution in [0.4, 0.5) is 16.2 Å². The number of piperazine rings is 1. The molecule has 3 rings (SSSR count). The summed E-state index contributed by atoms with van der Waals surface area (Å²) in [4.78, 5) is 32.3. The molecule has 1 aromatic carbocycles. The van der Waals surface area contributed by atoms with Crippen LogP contribution in [-0.4, -0.2) is 62.8 Å². The van der Waals surface area contributed by atoms with Gasteiger partial charge in [-0.1, -0.05) is 0 Å². The van der Waals surface area contributed by atoms with Gasteiger partial charge in [-0.15, -0.1) is 0 Å². The molecule has 9 nitrogen and oxygen atoms in total. The first-order valence-corrected chi connectivity index (χ1v) is 8.64. The van der Waals surface area contributed by atoms with E-state index in [0.29, 0.717) is 41.8 Å². The van der Waals surface area contributed by atoms with Crippen molar-refractivity contribution >= 4 is 23.3 Å². The predicted molar refractivity (Wildman–Crippen MR) is 103 cm³/mol. The summed E-state index contributed by atoms with van der Waals surface area (Å²) in [6, 6.07) is 8.14. The van der Waals surface area contributed by atoms with Crippen LogP contribution in [0.15, 0.2) is 36.5 Å². The second-order valence-electron chi connectivity index (χ2n) is 6.02. The minimum absolute atomic E-state index is 0.0328. The number of hydrogen-bond donors (Lipinski definition) is 1. The lowest BCUT2D eigenvalue weighted by molar-refractivity contribution is -0.120. The number of rotatable bonds is 5. The number of hydrogen-bond acceptors (Lipinski definition) is 6. The van der Waals surface area contributed by atoms with E-state index in [4.69, 9.17) is 14.2 Å². The molecule has 0 unspecified atom stereocenters. The molecule has 1 N–H and O–H groups in total. The van der Waals surface area contributed by atoms with Gasteiger partial charge < -0.3 is 29.3 Å². The van der Waals surface area contributed by atoms with Gasteiger partial charge in [-0.05, 0) is 18.2 Å². The zero-order valence-corrected chi connectivity index (χ0v) is 16.0. The number of pyridine rings is 1. The average molecular weight is 386 g/mol. The Bertz CT molecular complexity index is 873. The fraction of sp³-hybridized carbons (Fsp3) is 0.316. The largest absolute Gasteiger partial charge is 0.497 e. The van der Waals surface area contributed by atoms with Crippen molar-refractivity contribution in [3.05, 3.63) is 36.5 Å². The number of ether oxygens (including phenoxy) is 3. The highest BCUT2D eigenvalue weighted by Gasteiger charge is 2.28. The third-order valence-electron chi connectivity index (χ3n) is 4.40. The Labute approximate surface area is 162 Å². The Hall–Kier alpha value is -3.49. The Balaban J connectivity index is 1.67. The van der Waals surface area contributed by atoms with E-state index in [1.807, 2.05) is 0 Å². The summed E-state index contributed by atoms with van der Waals surface area (Å²) >= 11 is 0. The van der Waals surface area contributed by atoms with E-state index < -0.39 is 0 Å². The van der Waals surface area contributed by atoms with Crippen LogP contribution < -0.4 is 24.4 Å². The summed E-state index contributed by atoms with van der Waals surface area (Å²) < 4.78 is 15.5. The molecule has 148 valence electrons. The first kappa shape index (κ1) is 19.3. The highest BCUT2D eigenvalue weighted by Crippen LogP contribution is 2.29. The summed E-state index contributed by atoms with van der Waals surface area (Å²) in [5, 5.41) is 2.78. The van der Waals surface area contributed by atoms with E-state index in [2.05, 4.69) is 10.3 Å². The van der Waals surface area contributed by atoms with Crippen molar-refractivity contribution in [2.45, 2.75) is 0 Å². The summed E-state index contributed by atoms with van der Waals surface area (Å²) in [5.41, 5.74) is 1.19. The normalized spacial score (nSPS) is 13.9. The van der Waals surface area contributed by atoms with Gasteiger partial charge in [0, 0.05) is 31.4 Å². The van der Waals surface area contributed by atoms with Crippen LogP contribution in [0.5, 0.6) is 17.4 Å². The van der Waals surface area contributed by atoms with Gasteiger partial charge in [-0.25, -0.2) is 9.78 Å². The first-order valence-electron chi connectivity index (χ1n) is 8.64. The molecule has 1 fully saturated rings. The summed E-state index contributed by atoms with van der Waals surface area (Å²) in [5.74, 6) is 1.33. The van der Waals surface area contributed by atoms with Crippen molar-refractivity contribution in [2.24, 2.45) is 0 Å². The molecule has 0 bridgehead atoms. The maximum atomic E-state index is 12.6. The summed E-state index contributed by atoms with van der Waals surface area (Å²) in [6.45, 7) is 0.731. The third kappa shape index (κ3) is 4.08. The lowest BCUT2D eigenvalue weighted by atomic mass is 10.2. The number of nitrogens with zero attached hydrogens (tertiary/aromatic N) is 3. The number of urea groups is 1. The Morgan fingerprint density at radius 2 is 1.89 bits per heavy atom. The van der Waals surface area contributed by atoms with Crippen LogP contribution >= 0.6 is 0 Å². The number of benzene rings is 1. The molecule has 1 aliphatic rings. The van der Waals surface area contributed by atoms with Crippen molar-refractivity contribution in [1.82, 2.24) is 9.88 Å². The van der Waals surface area contributed by atoms with Crippen molar-refractivity contribution in [2.75, 3.05) is 51.2 Å². The first-order chi connectivity index (χ1) is 13.5. The topological polar surface area (TPSA) is 93.2 Å². The smallest absolute Gasteiger partial charge is 0.322 e. The number of aromatic nitrogens is 1. The zero-order chi connectivity index (χ0) is 20.1. The summed E-state index contributed by atoms with van der Waals surface area (Å²) in [7, 11) is 4.58. The van der Waals surface area contributed by atoms with Crippen molar-refractivity contribution in [3.63, 3.8) is 0 Å². The molecule has 0 spiro atoms. The molecule has 0 aliphatic carbocycles. The second kappa shape index (κ2) is 8.47. The fourth-order valence-corrected chi connectivity index (χ4v) is 2.89. The highest BCUT2D eigenvalue weighted by molar-refractivity contribution is 6.00. The molecule has 2 aromatic rings. The molecule has 1 aliphatic heterocycles. The van der Waals surface area contributed by atoms with Crippen LogP contribution in [0.2, 0.25) is 0 Å². The van der Waals surface area contributed by atoms with E-state index in [-0.39, 0.29) is 18.5 Å². The Kier molecular flexibility index (Phi) is 5.83. The standard InChI is InChI=1S/C19H22N4O5/c1-26-14-4-5-15(16(11-14)27-2)21-19(25)22-8-9-23(18(24)12-22)13-6-7-20-17(10-13)28-3/h4-7,10-11H,8-9,12H2,1-3H3,(H,21,25). The van der Waals surface area contributed by atoms with Gasteiger partial charge in [-0.2, -0.15) is 0 Å². The van der Waals surface area contributed by atoms with Crippen molar-refractivity contribution < 1.29 is 23.8 Å². The molecule has 3 amide bonds. The quantitative estimate of drug-likeness (QED) is 0.845. The number of nitrogens with one attached hydrogen (secondary N) is 1. The van der Waals surface area contributed by atoms with Gasteiger partial charge in [0.2, 0.25) is 11.8 Å². The molecular weight excluding hydrogens is 364 g/mol. The van der Waals surface area contributed by atoms with E-state index in [1.165, 1.54) is 19.1 Å². The molecule has 9 heteroatoms. The monoisotopic (exact) mass is 386 g/mol. The maximum Gasteiger partial charge on any atom is 0.322 e. The third-order valence-corrected chi connectivity index (χ3v) is 4.40. The Morgan fingerprint density at radius 1 is 1.07 bits per heavy atom. The van der Waals surface area contributed by atoms with Crippen molar-refractivity contribution in [3.8, 4) is 17.4 Å². The summed E-state index contributed by atoms with van der Waals surface area (Å²) in [6.07, 6.45) is 1.58. The number of anilines is 2. The highest BCUT2D eigenvalue weighted by atomic mass is 16.5. The number of carbonyl (C=O) groups is 2. The molecule has 28 heavy (non-hydrogen) atoms. The lowest BCUT2D eigenvalue weighted by Crippen LogP contribution is -2.53. The molecule has 0 saturated carbocycles. The van der Waals surface area contributed by atoms with Crippen LogP contribution in [0.25, 0.3) is 0 Å². The molecule has 0 radical (unpaired) electrons. The van der Waals surface area contributed by atoms with Crippen LogP contribution in [0.3, 0.4) is 0 Å². The van der Waals surface area contributed by atoms with Crippen molar-refractivity contribution in [1.29, 1.82) is 0 Å². The average Bonchev–Trinajstić information content (AvgIpc) is 2.73. The fourth-order valence-electron chi connectivity index (χ4n) is 2.89. The SMILES string of the molecule is COc1ccc(NC(=O)N2CCN(c3ccnc(OC)c3)C(=O)C2)c(OC)c1. The van der Waals surface area contributed by atoms with Crippen LogP contribution in [0.1, 0.15) is 0 Å². The van der Waals surface area contributed by atoms with E-state index in [0.717, 1.165) is 0 Å². The predicted octanol–water partition coefficient (Wildman–Crippen LogP) is 1.99. The van der Waals surface area contributed by atoms with E-state index in [9.17, 15) is 9.59 Å². The van der Waals surface area contributed by atoms with E-state index in [1.54, 1.807) is 48.5 Å².